The van der Waals surface area contributed by atoms with Gasteiger partial charge in [0.15, 0.2) is 5.82 Å². The normalized spacial score (nSPS) is 17.6. The van der Waals surface area contributed by atoms with Crippen molar-refractivity contribution < 1.29 is 4.79 Å². The lowest BCUT2D eigenvalue weighted by Gasteiger charge is -2.31. The zero-order chi connectivity index (χ0) is 17.2. The van der Waals surface area contributed by atoms with Crippen LogP contribution in [0.4, 0.5) is 0 Å². The highest BCUT2D eigenvalue weighted by Crippen LogP contribution is 2.24. The SMILES string of the molecule is C[C@H]1CN(C(=O)c2csc(-c3cnn(-c4cccnn4)c3)n2)CCN1. The van der Waals surface area contributed by atoms with E-state index in [0.29, 0.717) is 30.6 Å². The molecule has 1 aliphatic rings. The molecule has 1 aliphatic heterocycles. The monoisotopic (exact) mass is 355 g/mol. The standard InChI is InChI=1S/C16H17N7OS/c1-11-8-22(6-5-17-11)16(24)13-10-25-15(20-13)12-7-19-23(9-12)14-3-2-4-18-21-14/h2-4,7,9-11,17H,5-6,8H2,1H3/t11-/m0/s1. The van der Waals surface area contributed by atoms with E-state index in [4.69, 9.17) is 0 Å². The van der Waals surface area contributed by atoms with Crippen LogP contribution in [-0.2, 0) is 0 Å². The van der Waals surface area contributed by atoms with Crippen molar-refractivity contribution in [2.75, 3.05) is 19.6 Å². The van der Waals surface area contributed by atoms with Gasteiger partial charge in [0.25, 0.3) is 5.91 Å². The predicted octanol–water partition coefficient (Wildman–Crippen LogP) is 1.22. The highest BCUT2D eigenvalue weighted by Gasteiger charge is 2.23. The molecule has 0 unspecified atom stereocenters. The number of carbonyl (C=O) groups is 1. The molecule has 0 saturated carbocycles. The topological polar surface area (TPSA) is 88.8 Å². The van der Waals surface area contributed by atoms with Crippen LogP contribution in [0.5, 0.6) is 0 Å². The van der Waals surface area contributed by atoms with E-state index in [-0.39, 0.29) is 5.91 Å². The summed E-state index contributed by atoms with van der Waals surface area (Å²) in [6, 6.07) is 3.94. The molecule has 0 radical (unpaired) electrons. The van der Waals surface area contributed by atoms with Gasteiger partial charge in [0.2, 0.25) is 0 Å². The maximum absolute atomic E-state index is 12.6. The van der Waals surface area contributed by atoms with Gasteiger partial charge in [-0.05, 0) is 19.1 Å². The van der Waals surface area contributed by atoms with Crippen LogP contribution >= 0.6 is 11.3 Å². The Kier molecular flexibility index (Phi) is 4.24. The first-order valence-corrected chi connectivity index (χ1v) is 8.90. The number of hydrogen-bond donors (Lipinski definition) is 1. The van der Waals surface area contributed by atoms with Gasteiger partial charge in [-0.25, -0.2) is 9.67 Å². The summed E-state index contributed by atoms with van der Waals surface area (Å²) >= 11 is 1.44. The molecule has 8 nitrogen and oxygen atoms in total. The van der Waals surface area contributed by atoms with Crippen LogP contribution in [0.3, 0.4) is 0 Å². The summed E-state index contributed by atoms with van der Waals surface area (Å²) in [6.07, 6.45) is 5.17. The molecule has 0 aromatic carbocycles. The van der Waals surface area contributed by atoms with E-state index in [1.54, 1.807) is 23.1 Å². The van der Waals surface area contributed by atoms with Crippen molar-refractivity contribution in [2.24, 2.45) is 0 Å². The predicted molar refractivity (Wildman–Crippen MR) is 93.6 cm³/mol. The number of carbonyl (C=O) groups excluding carboxylic acids is 1. The number of hydrogen-bond acceptors (Lipinski definition) is 7. The highest BCUT2D eigenvalue weighted by molar-refractivity contribution is 7.13. The number of nitrogens with zero attached hydrogens (tertiary/aromatic N) is 6. The van der Waals surface area contributed by atoms with Gasteiger partial charge in [-0.1, -0.05) is 0 Å². The van der Waals surface area contributed by atoms with Crippen molar-refractivity contribution >= 4 is 17.2 Å². The molecule has 4 heterocycles. The van der Waals surface area contributed by atoms with Crippen molar-refractivity contribution in [3.8, 4) is 16.4 Å². The Morgan fingerprint density at radius 2 is 2.36 bits per heavy atom. The van der Waals surface area contributed by atoms with Crippen LogP contribution in [0.1, 0.15) is 17.4 Å². The van der Waals surface area contributed by atoms with Crippen LogP contribution in [-0.4, -0.2) is 61.4 Å². The van der Waals surface area contributed by atoms with E-state index < -0.39 is 0 Å². The molecule has 128 valence electrons. The van der Waals surface area contributed by atoms with Gasteiger partial charge < -0.3 is 10.2 Å². The first kappa shape index (κ1) is 15.9. The average Bonchev–Trinajstić information content (AvgIpc) is 3.31. The fourth-order valence-corrected chi connectivity index (χ4v) is 3.53. The molecule has 9 heteroatoms. The van der Waals surface area contributed by atoms with Crippen LogP contribution in [0.15, 0.2) is 36.1 Å². The Labute approximate surface area is 148 Å². The second-order valence-corrected chi connectivity index (χ2v) is 6.76. The molecule has 0 spiro atoms. The molecule has 3 aromatic heterocycles. The first-order chi connectivity index (χ1) is 12.2. The lowest BCUT2D eigenvalue weighted by molar-refractivity contribution is 0.0704. The third kappa shape index (κ3) is 3.28. The minimum Gasteiger partial charge on any atom is -0.334 e. The van der Waals surface area contributed by atoms with E-state index in [2.05, 4.69) is 32.5 Å². The molecule has 0 bridgehead atoms. The van der Waals surface area contributed by atoms with Gasteiger partial charge in [0.05, 0.1) is 6.20 Å². The summed E-state index contributed by atoms with van der Waals surface area (Å²) < 4.78 is 1.64. The molecule has 4 rings (SSSR count). The second-order valence-electron chi connectivity index (χ2n) is 5.90. The van der Waals surface area contributed by atoms with Gasteiger partial charge in [-0.2, -0.15) is 10.2 Å². The van der Waals surface area contributed by atoms with Gasteiger partial charge >= 0.3 is 0 Å². The van der Waals surface area contributed by atoms with Crippen LogP contribution in [0.25, 0.3) is 16.4 Å². The number of amides is 1. The summed E-state index contributed by atoms with van der Waals surface area (Å²) in [5.74, 6) is 0.619. The Bertz CT molecular complexity index is 876. The number of piperazine rings is 1. The van der Waals surface area contributed by atoms with Gasteiger partial charge in [0.1, 0.15) is 10.7 Å². The number of thiazole rings is 1. The van der Waals surface area contributed by atoms with Crippen molar-refractivity contribution in [1.82, 2.24) is 35.2 Å². The van der Waals surface area contributed by atoms with E-state index >= 15 is 0 Å². The molecular weight excluding hydrogens is 338 g/mol. The van der Waals surface area contributed by atoms with E-state index in [9.17, 15) is 4.79 Å². The summed E-state index contributed by atoms with van der Waals surface area (Å²) in [5, 5.41) is 18.1. The minimum atomic E-state index is -0.0165. The Hall–Kier alpha value is -2.65. The minimum absolute atomic E-state index is 0.0165. The summed E-state index contributed by atoms with van der Waals surface area (Å²) in [5.41, 5.74) is 1.34. The lowest BCUT2D eigenvalue weighted by atomic mass is 10.2. The first-order valence-electron chi connectivity index (χ1n) is 8.02. The van der Waals surface area contributed by atoms with Crippen LogP contribution in [0, 0.1) is 0 Å². The number of nitrogens with one attached hydrogen (secondary N) is 1. The Balaban J connectivity index is 1.53. The molecule has 1 atom stereocenters. The van der Waals surface area contributed by atoms with Crippen molar-refractivity contribution in [1.29, 1.82) is 0 Å². The Morgan fingerprint density at radius 3 is 3.16 bits per heavy atom. The summed E-state index contributed by atoms with van der Waals surface area (Å²) in [7, 11) is 0. The van der Waals surface area contributed by atoms with Gasteiger partial charge in [0, 0.05) is 49.0 Å². The quantitative estimate of drug-likeness (QED) is 0.760. The average molecular weight is 355 g/mol. The summed E-state index contributed by atoms with van der Waals surface area (Å²) in [4.78, 5) is 19.0. The fraction of sp³-hybridized carbons (Fsp3) is 0.312. The van der Waals surface area contributed by atoms with E-state index in [1.165, 1.54) is 11.3 Å². The second kappa shape index (κ2) is 6.69. The maximum Gasteiger partial charge on any atom is 0.273 e. The molecule has 1 saturated heterocycles. The fourth-order valence-electron chi connectivity index (χ4n) is 2.76. The van der Waals surface area contributed by atoms with Gasteiger partial charge in [-0.3, -0.25) is 4.79 Å². The molecular formula is C16H17N7OS. The highest BCUT2D eigenvalue weighted by atomic mass is 32.1. The lowest BCUT2D eigenvalue weighted by Crippen LogP contribution is -2.51. The molecule has 1 N–H and O–H groups in total. The molecule has 1 fully saturated rings. The van der Waals surface area contributed by atoms with E-state index in [0.717, 1.165) is 17.1 Å². The van der Waals surface area contributed by atoms with Gasteiger partial charge in [-0.15, -0.1) is 16.4 Å². The molecule has 0 aliphatic carbocycles. The van der Waals surface area contributed by atoms with E-state index in [1.807, 2.05) is 22.5 Å². The number of aromatic nitrogens is 5. The smallest absolute Gasteiger partial charge is 0.273 e. The molecule has 3 aromatic rings. The van der Waals surface area contributed by atoms with Crippen molar-refractivity contribution in [3.63, 3.8) is 0 Å². The van der Waals surface area contributed by atoms with Crippen LogP contribution < -0.4 is 5.32 Å². The molecule has 25 heavy (non-hydrogen) atoms. The largest absolute Gasteiger partial charge is 0.334 e. The van der Waals surface area contributed by atoms with Crippen LogP contribution in [0.2, 0.25) is 0 Å². The zero-order valence-electron chi connectivity index (χ0n) is 13.7. The zero-order valence-corrected chi connectivity index (χ0v) is 14.5. The maximum atomic E-state index is 12.6. The third-order valence-electron chi connectivity index (χ3n) is 4.00. The third-order valence-corrected chi connectivity index (χ3v) is 4.89. The number of rotatable bonds is 3. The molecule has 1 amide bonds. The van der Waals surface area contributed by atoms with Crippen molar-refractivity contribution in [3.05, 3.63) is 41.8 Å². The van der Waals surface area contributed by atoms with Crippen molar-refractivity contribution in [2.45, 2.75) is 13.0 Å². The summed E-state index contributed by atoms with van der Waals surface area (Å²) in [6.45, 7) is 4.30. The Morgan fingerprint density at radius 1 is 1.44 bits per heavy atom.